The normalized spacial score (nSPS) is 10.3. The molecule has 2 aromatic rings. The fourth-order valence-corrected chi connectivity index (χ4v) is 1.64. The number of hydrogen-bond donors (Lipinski definition) is 2. The predicted octanol–water partition coefficient (Wildman–Crippen LogP) is 2.60. The van der Waals surface area contributed by atoms with Crippen molar-refractivity contribution in [3.8, 4) is 11.8 Å². The highest BCUT2D eigenvalue weighted by Gasteiger charge is 2.06. The van der Waals surface area contributed by atoms with Crippen LogP contribution in [-0.4, -0.2) is 22.2 Å². The number of nitrogens with one attached hydrogen (secondary N) is 1. The van der Waals surface area contributed by atoms with Crippen LogP contribution in [0.3, 0.4) is 0 Å². The summed E-state index contributed by atoms with van der Waals surface area (Å²) in [4.78, 5) is 7.84. The zero-order valence-electron chi connectivity index (χ0n) is 10.0. The number of benzene rings is 1. The molecule has 7 heteroatoms. The van der Waals surface area contributed by atoms with Gasteiger partial charge in [-0.1, -0.05) is 11.6 Å². The van der Waals surface area contributed by atoms with Crippen LogP contribution < -0.4 is 10.1 Å². The summed E-state index contributed by atoms with van der Waals surface area (Å²) in [6.07, 6.45) is 0. The summed E-state index contributed by atoms with van der Waals surface area (Å²) < 4.78 is 17.9. The van der Waals surface area contributed by atoms with Crippen LogP contribution in [0.2, 0.25) is 5.15 Å². The van der Waals surface area contributed by atoms with E-state index < -0.39 is 5.82 Å². The molecule has 0 bridgehead atoms. The topological polar surface area (TPSA) is 67.3 Å². The van der Waals surface area contributed by atoms with Crippen molar-refractivity contribution in [1.29, 1.82) is 0 Å². The van der Waals surface area contributed by atoms with Crippen molar-refractivity contribution in [1.82, 2.24) is 9.97 Å². The number of nitrogens with zero attached hydrogens (tertiary/aromatic N) is 2. The minimum Gasteiger partial charge on any atom is -0.508 e. The summed E-state index contributed by atoms with van der Waals surface area (Å²) in [5.74, 6) is -0.00516. The second-order valence-electron chi connectivity index (χ2n) is 3.69. The maximum absolute atomic E-state index is 13.1. The number of aromatic hydroxyl groups is 1. The third-order valence-corrected chi connectivity index (χ3v) is 2.55. The number of aromatic nitrogens is 2. The minimum atomic E-state index is -0.423. The highest BCUT2D eigenvalue weighted by molar-refractivity contribution is 6.29. The number of ether oxygens (including phenoxy) is 1. The van der Waals surface area contributed by atoms with Gasteiger partial charge in [-0.15, -0.1) is 0 Å². The largest absolute Gasteiger partial charge is 0.508 e. The number of phenolic OH excluding ortho intramolecular Hbond substituents is 1. The standard InChI is InChI=1S/C12H11ClFN3O2/c1-19-12-16-10(13)5-11(17-12)15-6-7-4-8(14)2-3-9(7)18/h2-5,18H,6H2,1H3,(H,15,16,17). The van der Waals surface area contributed by atoms with E-state index in [1.807, 2.05) is 0 Å². The Morgan fingerprint density at radius 2 is 2.16 bits per heavy atom. The molecule has 0 fully saturated rings. The van der Waals surface area contributed by atoms with E-state index in [1.54, 1.807) is 0 Å². The van der Waals surface area contributed by atoms with Gasteiger partial charge in [-0.05, 0) is 18.2 Å². The summed E-state index contributed by atoms with van der Waals surface area (Å²) in [6.45, 7) is 0.195. The van der Waals surface area contributed by atoms with Gasteiger partial charge in [0.25, 0.3) is 0 Å². The van der Waals surface area contributed by atoms with E-state index in [0.29, 0.717) is 11.4 Å². The van der Waals surface area contributed by atoms with Crippen LogP contribution in [0.1, 0.15) is 5.56 Å². The number of rotatable bonds is 4. The predicted molar refractivity (Wildman–Crippen MR) is 69.0 cm³/mol. The molecule has 0 saturated heterocycles. The Labute approximate surface area is 114 Å². The molecule has 0 saturated carbocycles. The molecule has 0 aliphatic rings. The van der Waals surface area contributed by atoms with E-state index in [2.05, 4.69) is 15.3 Å². The molecule has 0 atom stereocenters. The van der Waals surface area contributed by atoms with Crippen LogP contribution in [0.4, 0.5) is 10.2 Å². The van der Waals surface area contributed by atoms with Crippen molar-refractivity contribution in [2.45, 2.75) is 6.54 Å². The van der Waals surface area contributed by atoms with E-state index in [4.69, 9.17) is 16.3 Å². The number of halogens is 2. The Balaban J connectivity index is 2.14. The summed E-state index contributed by atoms with van der Waals surface area (Å²) in [5.41, 5.74) is 0.411. The van der Waals surface area contributed by atoms with Gasteiger partial charge in [0.2, 0.25) is 0 Å². The quantitative estimate of drug-likeness (QED) is 0.844. The molecule has 0 aliphatic heterocycles. The zero-order valence-corrected chi connectivity index (χ0v) is 10.8. The van der Waals surface area contributed by atoms with Crippen molar-refractivity contribution in [3.63, 3.8) is 0 Å². The van der Waals surface area contributed by atoms with Gasteiger partial charge in [0.1, 0.15) is 22.5 Å². The lowest BCUT2D eigenvalue weighted by Gasteiger charge is -2.08. The molecule has 0 unspecified atom stereocenters. The summed E-state index contributed by atoms with van der Waals surface area (Å²) in [5, 5.41) is 12.7. The summed E-state index contributed by atoms with van der Waals surface area (Å²) >= 11 is 5.79. The number of methoxy groups -OCH3 is 1. The van der Waals surface area contributed by atoms with Gasteiger partial charge in [-0.3, -0.25) is 0 Å². The molecular weight excluding hydrogens is 273 g/mol. The minimum absolute atomic E-state index is 0.000943. The first-order valence-corrected chi connectivity index (χ1v) is 5.76. The first-order valence-electron chi connectivity index (χ1n) is 5.38. The van der Waals surface area contributed by atoms with Crippen LogP contribution in [0.25, 0.3) is 0 Å². The lowest BCUT2D eigenvalue weighted by molar-refractivity contribution is 0.380. The molecule has 0 spiro atoms. The number of anilines is 1. The van der Waals surface area contributed by atoms with Crippen LogP contribution in [0, 0.1) is 5.82 Å². The third-order valence-electron chi connectivity index (χ3n) is 2.36. The van der Waals surface area contributed by atoms with E-state index >= 15 is 0 Å². The lowest BCUT2D eigenvalue weighted by atomic mass is 10.2. The van der Waals surface area contributed by atoms with Crippen LogP contribution >= 0.6 is 11.6 Å². The van der Waals surface area contributed by atoms with Crippen molar-refractivity contribution in [3.05, 3.63) is 40.8 Å². The number of phenols is 1. The molecule has 1 heterocycles. The van der Waals surface area contributed by atoms with Gasteiger partial charge < -0.3 is 15.2 Å². The monoisotopic (exact) mass is 283 g/mol. The maximum atomic E-state index is 13.1. The van der Waals surface area contributed by atoms with Gasteiger partial charge in [0.15, 0.2) is 0 Å². The molecule has 2 rings (SSSR count). The van der Waals surface area contributed by atoms with Gasteiger partial charge in [-0.2, -0.15) is 9.97 Å². The van der Waals surface area contributed by atoms with E-state index in [-0.39, 0.29) is 23.5 Å². The average molecular weight is 284 g/mol. The van der Waals surface area contributed by atoms with Crippen LogP contribution in [0.5, 0.6) is 11.8 Å². The lowest BCUT2D eigenvalue weighted by Crippen LogP contribution is -2.04. The van der Waals surface area contributed by atoms with Crippen molar-refractivity contribution in [2.24, 2.45) is 0 Å². The molecular formula is C12H11ClFN3O2. The molecule has 19 heavy (non-hydrogen) atoms. The first-order chi connectivity index (χ1) is 9.08. The van der Waals surface area contributed by atoms with Gasteiger partial charge in [0.05, 0.1) is 7.11 Å². The molecule has 0 radical (unpaired) electrons. The van der Waals surface area contributed by atoms with E-state index in [0.717, 1.165) is 0 Å². The molecule has 2 N–H and O–H groups in total. The van der Waals surface area contributed by atoms with E-state index in [9.17, 15) is 9.50 Å². The Morgan fingerprint density at radius 1 is 1.37 bits per heavy atom. The smallest absolute Gasteiger partial charge is 0.319 e. The van der Waals surface area contributed by atoms with Crippen molar-refractivity contribution >= 4 is 17.4 Å². The molecule has 0 amide bonds. The highest BCUT2D eigenvalue weighted by Crippen LogP contribution is 2.20. The second-order valence-corrected chi connectivity index (χ2v) is 4.08. The van der Waals surface area contributed by atoms with Gasteiger partial charge in [-0.25, -0.2) is 4.39 Å². The Morgan fingerprint density at radius 3 is 2.89 bits per heavy atom. The van der Waals surface area contributed by atoms with Crippen molar-refractivity contribution < 1.29 is 14.2 Å². The molecule has 0 aliphatic carbocycles. The third kappa shape index (κ3) is 3.45. The molecule has 1 aromatic heterocycles. The maximum Gasteiger partial charge on any atom is 0.319 e. The van der Waals surface area contributed by atoms with Crippen molar-refractivity contribution in [2.75, 3.05) is 12.4 Å². The Kier molecular flexibility index (Phi) is 4.01. The van der Waals surface area contributed by atoms with Gasteiger partial charge >= 0.3 is 6.01 Å². The fraction of sp³-hybridized carbons (Fsp3) is 0.167. The average Bonchev–Trinajstić information content (AvgIpc) is 2.39. The van der Waals surface area contributed by atoms with E-state index in [1.165, 1.54) is 31.4 Å². The molecule has 5 nitrogen and oxygen atoms in total. The first kappa shape index (κ1) is 13.4. The SMILES string of the molecule is COc1nc(Cl)cc(NCc2cc(F)ccc2O)n1. The Bertz CT molecular complexity index is 595. The summed E-state index contributed by atoms with van der Waals surface area (Å²) in [7, 11) is 1.42. The number of hydrogen-bond acceptors (Lipinski definition) is 5. The fourth-order valence-electron chi connectivity index (χ4n) is 1.46. The van der Waals surface area contributed by atoms with Crippen LogP contribution in [-0.2, 0) is 6.54 Å². The highest BCUT2D eigenvalue weighted by atomic mass is 35.5. The van der Waals surface area contributed by atoms with Gasteiger partial charge in [0, 0.05) is 18.2 Å². The molecule has 1 aromatic carbocycles. The summed E-state index contributed by atoms with van der Waals surface area (Å²) in [6, 6.07) is 5.34. The zero-order chi connectivity index (χ0) is 13.8. The van der Waals surface area contributed by atoms with Crippen LogP contribution in [0.15, 0.2) is 24.3 Å². The molecule has 100 valence electrons. The second kappa shape index (κ2) is 5.71. The Hall–Kier alpha value is -2.08.